The van der Waals surface area contributed by atoms with Crippen LogP contribution in [0.3, 0.4) is 0 Å². The number of amides is 1. The number of carbonyl (C=O) groups excluding carboxylic acids is 1. The average molecular weight is 170 g/mol. The molecule has 0 radical (unpaired) electrons. The lowest BCUT2D eigenvalue weighted by Gasteiger charge is -2.26. The summed E-state index contributed by atoms with van der Waals surface area (Å²) in [5, 5.41) is 3.34. The molecule has 3 nitrogen and oxygen atoms in total. The molecule has 1 fully saturated rings. The van der Waals surface area contributed by atoms with E-state index in [2.05, 4.69) is 5.32 Å². The van der Waals surface area contributed by atoms with Crippen LogP contribution in [0, 0.1) is 5.92 Å². The van der Waals surface area contributed by atoms with Crippen LogP contribution < -0.4 is 5.32 Å². The second kappa shape index (κ2) is 4.45. The van der Waals surface area contributed by atoms with Gasteiger partial charge >= 0.3 is 0 Å². The van der Waals surface area contributed by atoms with Gasteiger partial charge in [0, 0.05) is 20.5 Å². The maximum atomic E-state index is 10.9. The first-order valence-electron chi connectivity index (χ1n) is 4.62. The summed E-state index contributed by atoms with van der Waals surface area (Å²) in [4.78, 5) is 12.7. The van der Waals surface area contributed by atoms with Gasteiger partial charge in [0.05, 0.1) is 0 Å². The molecule has 1 N–H and O–H groups in total. The molecule has 1 aliphatic rings. The van der Waals surface area contributed by atoms with Crippen LogP contribution in [0.25, 0.3) is 0 Å². The van der Waals surface area contributed by atoms with Crippen LogP contribution in [-0.4, -0.2) is 37.5 Å². The van der Waals surface area contributed by atoms with Crippen molar-refractivity contribution in [3.05, 3.63) is 0 Å². The van der Waals surface area contributed by atoms with Gasteiger partial charge in [0.15, 0.2) is 0 Å². The summed E-state index contributed by atoms with van der Waals surface area (Å²) >= 11 is 0. The summed E-state index contributed by atoms with van der Waals surface area (Å²) in [6.45, 7) is 4.73. The van der Waals surface area contributed by atoms with Crippen molar-refractivity contribution in [1.82, 2.24) is 10.2 Å². The molecule has 0 aliphatic carbocycles. The molecule has 0 saturated carbocycles. The van der Waals surface area contributed by atoms with E-state index in [1.54, 1.807) is 11.8 Å². The Hall–Kier alpha value is -0.570. The first-order valence-corrected chi connectivity index (χ1v) is 4.62. The first kappa shape index (κ1) is 9.52. The molecule has 0 spiro atoms. The lowest BCUT2D eigenvalue weighted by atomic mass is 9.99. The van der Waals surface area contributed by atoms with E-state index in [1.807, 2.05) is 7.05 Å². The molecule has 0 aromatic heterocycles. The smallest absolute Gasteiger partial charge is 0.219 e. The Morgan fingerprint density at radius 3 is 2.92 bits per heavy atom. The minimum Gasteiger partial charge on any atom is -0.346 e. The van der Waals surface area contributed by atoms with E-state index < -0.39 is 0 Å². The first-order chi connectivity index (χ1) is 5.70. The summed E-state index contributed by atoms with van der Waals surface area (Å²) in [6, 6.07) is 0. The fourth-order valence-corrected chi connectivity index (χ4v) is 1.60. The third-order valence-corrected chi connectivity index (χ3v) is 2.47. The summed E-state index contributed by atoms with van der Waals surface area (Å²) in [5.41, 5.74) is 0. The standard InChI is InChI=1S/C9H18N2O/c1-8(12)11(2)7-9-4-3-5-10-6-9/h9-10H,3-7H2,1-2H3. The third-order valence-electron chi connectivity index (χ3n) is 2.47. The minimum absolute atomic E-state index is 0.167. The molecule has 3 heteroatoms. The summed E-state index contributed by atoms with van der Waals surface area (Å²) in [7, 11) is 1.87. The second-order valence-electron chi connectivity index (χ2n) is 3.61. The highest BCUT2D eigenvalue weighted by Gasteiger charge is 2.15. The number of piperidine rings is 1. The number of hydrogen-bond acceptors (Lipinski definition) is 2. The largest absolute Gasteiger partial charge is 0.346 e. The fraction of sp³-hybridized carbons (Fsp3) is 0.889. The monoisotopic (exact) mass is 170 g/mol. The van der Waals surface area contributed by atoms with Crippen LogP contribution in [0.2, 0.25) is 0 Å². The van der Waals surface area contributed by atoms with Crippen molar-refractivity contribution in [1.29, 1.82) is 0 Å². The Kier molecular flexibility index (Phi) is 3.53. The summed E-state index contributed by atoms with van der Waals surface area (Å²) in [6.07, 6.45) is 2.50. The van der Waals surface area contributed by atoms with Crippen LogP contribution in [0.15, 0.2) is 0 Å². The predicted molar refractivity (Wildman–Crippen MR) is 48.9 cm³/mol. The van der Waals surface area contributed by atoms with Gasteiger partial charge in [-0.05, 0) is 31.8 Å². The normalized spacial score (nSPS) is 23.7. The average Bonchev–Trinajstić information content (AvgIpc) is 2.06. The molecular formula is C9H18N2O. The second-order valence-corrected chi connectivity index (χ2v) is 3.61. The highest BCUT2D eigenvalue weighted by Crippen LogP contribution is 2.10. The van der Waals surface area contributed by atoms with E-state index in [9.17, 15) is 4.79 Å². The number of rotatable bonds is 2. The van der Waals surface area contributed by atoms with Gasteiger partial charge in [0.1, 0.15) is 0 Å². The van der Waals surface area contributed by atoms with Crippen LogP contribution in [-0.2, 0) is 4.79 Å². The Balaban J connectivity index is 2.24. The van der Waals surface area contributed by atoms with Gasteiger partial charge in [-0.15, -0.1) is 0 Å². The predicted octanol–water partition coefficient (Wildman–Crippen LogP) is 0.464. The van der Waals surface area contributed by atoms with Gasteiger partial charge in [-0.2, -0.15) is 0 Å². The van der Waals surface area contributed by atoms with Gasteiger partial charge in [0.25, 0.3) is 0 Å². The molecule has 12 heavy (non-hydrogen) atoms. The van der Waals surface area contributed by atoms with Crippen molar-refractivity contribution in [2.45, 2.75) is 19.8 Å². The Labute approximate surface area is 74.1 Å². The topological polar surface area (TPSA) is 32.3 Å². The quantitative estimate of drug-likeness (QED) is 0.653. The lowest BCUT2D eigenvalue weighted by Crippen LogP contribution is -2.38. The lowest BCUT2D eigenvalue weighted by molar-refractivity contribution is -0.128. The van der Waals surface area contributed by atoms with Gasteiger partial charge < -0.3 is 10.2 Å². The number of nitrogens with zero attached hydrogens (tertiary/aromatic N) is 1. The van der Waals surface area contributed by atoms with E-state index in [0.717, 1.165) is 19.6 Å². The SMILES string of the molecule is CC(=O)N(C)CC1CCCNC1. The Morgan fingerprint density at radius 1 is 1.67 bits per heavy atom. The zero-order valence-corrected chi connectivity index (χ0v) is 7.97. The molecule has 70 valence electrons. The maximum absolute atomic E-state index is 10.9. The summed E-state index contributed by atoms with van der Waals surface area (Å²) < 4.78 is 0. The van der Waals surface area contributed by atoms with E-state index >= 15 is 0 Å². The Morgan fingerprint density at radius 2 is 2.42 bits per heavy atom. The van der Waals surface area contributed by atoms with Gasteiger partial charge in [-0.25, -0.2) is 0 Å². The van der Waals surface area contributed by atoms with Crippen molar-refractivity contribution in [3.63, 3.8) is 0 Å². The molecule has 1 amide bonds. The molecule has 1 aliphatic heterocycles. The fourth-order valence-electron chi connectivity index (χ4n) is 1.60. The number of carbonyl (C=O) groups is 1. The zero-order valence-electron chi connectivity index (χ0n) is 7.97. The van der Waals surface area contributed by atoms with Gasteiger partial charge in [0.2, 0.25) is 5.91 Å². The third kappa shape index (κ3) is 2.81. The molecule has 1 rings (SSSR count). The zero-order chi connectivity index (χ0) is 8.97. The van der Waals surface area contributed by atoms with Crippen molar-refractivity contribution in [2.75, 3.05) is 26.7 Å². The molecule has 0 aromatic rings. The van der Waals surface area contributed by atoms with Crippen LogP contribution in [0.4, 0.5) is 0 Å². The van der Waals surface area contributed by atoms with Crippen molar-refractivity contribution in [3.8, 4) is 0 Å². The maximum Gasteiger partial charge on any atom is 0.219 e. The van der Waals surface area contributed by atoms with E-state index in [0.29, 0.717) is 5.92 Å². The molecule has 1 unspecified atom stereocenters. The highest BCUT2D eigenvalue weighted by atomic mass is 16.2. The van der Waals surface area contributed by atoms with Crippen molar-refractivity contribution < 1.29 is 4.79 Å². The van der Waals surface area contributed by atoms with Gasteiger partial charge in [-0.1, -0.05) is 0 Å². The molecule has 0 aromatic carbocycles. The van der Waals surface area contributed by atoms with Crippen LogP contribution in [0.1, 0.15) is 19.8 Å². The molecule has 1 saturated heterocycles. The van der Waals surface area contributed by atoms with Gasteiger partial charge in [-0.3, -0.25) is 4.79 Å². The van der Waals surface area contributed by atoms with E-state index in [4.69, 9.17) is 0 Å². The number of hydrogen-bond donors (Lipinski definition) is 1. The number of nitrogens with one attached hydrogen (secondary N) is 1. The Bertz CT molecular complexity index is 153. The van der Waals surface area contributed by atoms with E-state index in [1.165, 1.54) is 12.8 Å². The van der Waals surface area contributed by atoms with E-state index in [-0.39, 0.29) is 5.91 Å². The molecule has 1 atom stereocenters. The molecule has 1 heterocycles. The van der Waals surface area contributed by atoms with Crippen molar-refractivity contribution in [2.24, 2.45) is 5.92 Å². The summed E-state index contributed by atoms with van der Waals surface area (Å²) in [5.74, 6) is 0.827. The highest BCUT2D eigenvalue weighted by molar-refractivity contribution is 5.72. The molecule has 0 bridgehead atoms. The molecular weight excluding hydrogens is 152 g/mol. The van der Waals surface area contributed by atoms with Crippen LogP contribution in [0.5, 0.6) is 0 Å². The minimum atomic E-state index is 0.167. The van der Waals surface area contributed by atoms with Crippen molar-refractivity contribution >= 4 is 5.91 Å². The van der Waals surface area contributed by atoms with Crippen LogP contribution >= 0.6 is 0 Å².